The Bertz CT molecular complexity index is 1150. The maximum absolute atomic E-state index is 13.5. The highest BCUT2D eigenvalue weighted by atomic mass is 16.6. The first kappa shape index (κ1) is 21.0. The number of carbonyl (C=O) groups is 3. The summed E-state index contributed by atoms with van der Waals surface area (Å²) in [5.74, 6) is 0.432. The summed E-state index contributed by atoms with van der Waals surface area (Å²) >= 11 is 0. The van der Waals surface area contributed by atoms with Crippen molar-refractivity contribution >= 4 is 29.1 Å². The number of rotatable bonds is 3. The van der Waals surface area contributed by atoms with Crippen LogP contribution in [0.5, 0.6) is 11.5 Å². The van der Waals surface area contributed by atoms with Crippen LogP contribution in [0, 0.1) is 11.8 Å². The highest BCUT2D eigenvalue weighted by Crippen LogP contribution is 2.38. The van der Waals surface area contributed by atoms with Gasteiger partial charge < -0.3 is 29.3 Å². The van der Waals surface area contributed by atoms with Crippen molar-refractivity contribution < 1.29 is 28.6 Å². The fourth-order valence-corrected chi connectivity index (χ4v) is 5.29. The van der Waals surface area contributed by atoms with E-state index in [9.17, 15) is 14.4 Å². The van der Waals surface area contributed by atoms with Crippen LogP contribution in [0.3, 0.4) is 0 Å². The molecule has 4 aliphatic rings. The van der Waals surface area contributed by atoms with Crippen molar-refractivity contribution in [3.05, 3.63) is 48.5 Å². The number of likely N-dealkylation sites (tertiary alicyclic amines) is 1. The Morgan fingerprint density at radius 2 is 1.79 bits per heavy atom. The van der Waals surface area contributed by atoms with Crippen LogP contribution >= 0.6 is 0 Å². The predicted molar refractivity (Wildman–Crippen MR) is 122 cm³/mol. The van der Waals surface area contributed by atoms with Crippen LogP contribution in [0.15, 0.2) is 48.5 Å². The number of hydrogen-bond donors (Lipinski definition) is 1. The number of nitrogens with zero attached hydrogens (tertiary/aromatic N) is 2. The number of nitrogens with one attached hydrogen (secondary N) is 1. The van der Waals surface area contributed by atoms with Crippen molar-refractivity contribution in [1.29, 1.82) is 0 Å². The molecule has 4 atom stereocenters. The van der Waals surface area contributed by atoms with Crippen molar-refractivity contribution in [1.82, 2.24) is 4.90 Å². The summed E-state index contributed by atoms with van der Waals surface area (Å²) in [6, 6.07) is 14.7. The van der Waals surface area contributed by atoms with Crippen LogP contribution < -0.4 is 19.7 Å². The molecule has 9 nitrogen and oxygen atoms in total. The topological polar surface area (TPSA) is 97.4 Å². The molecule has 4 heterocycles. The van der Waals surface area contributed by atoms with Gasteiger partial charge in [-0.05, 0) is 24.3 Å². The van der Waals surface area contributed by atoms with E-state index in [4.69, 9.17) is 14.2 Å². The Hall–Kier alpha value is -3.59. The first-order valence-corrected chi connectivity index (χ1v) is 11.5. The largest absolute Gasteiger partial charge is 0.486 e. The van der Waals surface area contributed by atoms with Crippen LogP contribution in [0.4, 0.5) is 11.4 Å². The van der Waals surface area contributed by atoms with E-state index >= 15 is 0 Å². The second kappa shape index (κ2) is 8.32. The van der Waals surface area contributed by atoms with Crippen molar-refractivity contribution in [2.45, 2.75) is 18.6 Å². The van der Waals surface area contributed by atoms with E-state index in [1.165, 1.54) is 0 Å². The van der Waals surface area contributed by atoms with Gasteiger partial charge in [0.05, 0.1) is 36.4 Å². The molecule has 9 heteroatoms. The van der Waals surface area contributed by atoms with Crippen molar-refractivity contribution in [3.8, 4) is 11.5 Å². The zero-order valence-corrected chi connectivity index (χ0v) is 18.5. The summed E-state index contributed by atoms with van der Waals surface area (Å²) in [5.41, 5.74) is 1.32. The molecule has 3 amide bonds. The van der Waals surface area contributed by atoms with Gasteiger partial charge in [-0.15, -0.1) is 0 Å². The van der Waals surface area contributed by atoms with Crippen LogP contribution in [0.2, 0.25) is 0 Å². The summed E-state index contributed by atoms with van der Waals surface area (Å²) in [6.07, 6.45) is -0.341. The molecule has 4 aliphatic heterocycles. The van der Waals surface area contributed by atoms with Gasteiger partial charge in [-0.25, -0.2) is 0 Å². The molecule has 34 heavy (non-hydrogen) atoms. The molecule has 0 saturated carbocycles. The van der Waals surface area contributed by atoms with Gasteiger partial charge in [-0.3, -0.25) is 14.4 Å². The Morgan fingerprint density at radius 3 is 2.68 bits per heavy atom. The van der Waals surface area contributed by atoms with E-state index < -0.39 is 5.92 Å². The zero-order valence-electron chi connectivity index (χ0n) is 18.5. The lowest BCUT2D eigenvalue weighted by Crippen LogP contribution is -2.47. The molecule has 176 valence electrons. The van der Waals surface area contributed by atoms with E-state index in [0.29, 0.717) is 49.2 Å². The Labute approximate surface area is 196 Å². The molecule has 2 aromatic rings. The summed E-state index contributed by atoms with van der Waals surface area (Å²) in [4.78, 5) is 42.0. The summed E-state index contributed by atoms with van der Waals surface area (Å²) in [5, 5.41) is 2.81. The van der Waals surface area contributed by atoms with Crippen LogP contribution in [-0.4, -0.2) is 67.7 Å². The fourth-order valence-electron chi connectivity index (χ4n) is 5.29. The highest BCUT2D eigenvalue weighted by molar-refractivity contribution is 6.10. The SMILES string of the molecule is O=C1CN(C(=O)[C@H]2CO[C@@H]3CN(C(=O)CC4COc5ccccc5O4)C[C@H]23)c2ccccc2N1. The molecule has 0 aliphatic carbocycles. The van der Waals surface area contributed by atoms with E-state index in [0.717, 1.165) is 0 Å². The minimum atomic E-state index is -0.400. The van der Waals surface area contributed by atoms with E-state index in [2.05, 4.69) is 5.32 Å². The van der Waals surface area contributed by atoms with Gasteiger partial charge in [0.1, 0.15) is 19.3 Å². The minimum absolute atomic E-state index is 0.0210. The first-order valence-electron chi connectivity index (χ1n) is 11.5. The molecule has 0 radical (unpaired) electrons. The summed E-state index contributed by atoms with van der Waals surface area (Å²) < 4.78 is 17.6. The van der Waals surface area contributed by atoms with Gasteiger partial charge in [-0.2, -0.15) is 0 Å². The molecule has 0 bridgehead atoms. The lowest BCUT2D eigenvalue weighted by atomic mass is 9.91. The lowest BCUT2D eigenvalue weighted by Gasteiger charge is -2.32. The molecule has 2 aromatic carbocycles. The van der Waals surface area contributed by atoms with Gasteiger partial charge >= 0.3 is 0 Å². The molecule has 1 unspecified atom stereocenters. The highest BCUT2D eigenvalue weighted by Gasteiger charge is 2.50. The molecular weight excluding hydrogens is 438 g/mol. The monoisotopic (exact) mass is 463 g/mol. The Balaban J connectivity index is 1.11. The Kier molecular flexibility index (Phi) is 5.13. The quantitative estimate of drug-likeness (QED) is 0.744. The average molecular weight is 463 g/mol. The smallest absolute Gasteiger partial charge is 0.244 e. The molecule has 2 saturated heterocycles. The predicted octanol–water partition coefficient (Wildman–Crippen LogP) is 1.68. The second-order valence-electron chi connectivity index (χ2n) is 9.13. The molecular formula is C25H25N3O6. The molecule has 1 N–H and O–H groups in total. The normalized spacial score (nSPS) is 27.1. The van der Waals surface area contributed by atoms with Gasteiger partial charge in [0.2, 0.25) is 17.7 Å². The molecule has 0 aromatic heterocycles. The van der Waals surface area contributed by atoms with Crippen molar-refractivity contribution in [2.24, 2.45) is 11.8 Å². The summed E-state index contributed by atoms with van der Waals surface area (Å²) in [7, 11) is 0. The average Bonchev–Trinajstić information content (AvgIpc) is 3.44. The van der Waals surface area contributed by atoms with Crippen LogP contribution in [-0.2, 0) is 19.1 Å². The molecule has 2 fully saturated rings. The van der Waals surface area contributed by atoms with Gasteiger partial charge in [-0.1, -0.05) is 24.3 Å². The van der Waals surface area contributed by atoms with Crippen molar-refractivity contribution in [3.63, 3.8) is 0 Å². The number of carbonyl (C=O) groups excluding carboxylic acids is 3. The third kappa shape index (κ3) is 3.66. The third-order valence-corrected chi connectivity index (χ3v) is 6.99. The third-order valence-electron chi connectivity index (χ3n) is 6.99. The first-order chi connectivity index (χ1) is 16.6. The number of hydrogen-bond acceptors (Lipinski definition) is 6. The number of benzene rings is 2. The number of amides is 3. The van der Waals surface area contributed by atoms with E-state index in [1.807, 2.05) is 42.5 Å². The molecule has 0 spiro atoms. The van der Waals surface area contributed by atoms with E-state index in [1.54, 1.807) is 15.9 Å². The summed E-state index contributed by atoms with van der Waals surface area (Å²) in [6.45, 7) is 1.50. The number of para-hydroxylation sites is 4. The number of fused-ring (bicyclic) bond motifs is 3. The van der Waals surface area contributed by atoms with Crippen LogP contribution in [0.25, 0.3) is 0 Å². The number of anilines is 2. The zero-order chi connectivity index (χ0) is 23.2. The standard InChI is InChI=1S/C25H25N3O6/c29-23-12-28(19-6-2-1-5-18(19)26-23)25(31)17-14-33-22-11-27(10-16(17)22)24(30)9-15-13-32-20-7-3-4-8-21(20)34-15/h1-8,15-17,22H,9-14H2,(H,26,29)/t15?,16-,17+,22-/m1/s1. The van der Waals surface area contributed by atoms with Gasteiger partial charge in [0.15, 0.2) is 11.5 Å². The van der Waals surface area contributed by atoms with Gasteiger partial charge in [0.25, 0.3) is 0 Å². The maximum atomic E-state index is 13.5. The minimum Gasteiger partial charge on any atom is -0.486 e. The molecule has 6 rings (SSSR count). The van der Waals surface area contributed by atoms with Crippen molar-refractivity contribution in [2.75, 3.05) is 43.1 Å². The lowest BCUT2D eigenvalue weighted by molar-refractivity contribution is -0.134. The van der Waals surface area contributed by atoms with E-state index in [-0.39, 0.29) is 48.8 Å². The Morgan fingerprint density at radius 1 is 1.00 bits per heavy atom. The van der Waals surface area contributed by atoms with Crippen LogP contribution in [0.1, 0.15) is 6.42 Å². The maximum Gasteiger partial charge on any atom is 0.244 e. The van der Waals surface area contributed by atoms with Gasteiger partial charge in [0, 0.05) is 19.0 Å². The fraction of sp³-hybridized carbons (Fsp3) is 0.400. The second-order valence-corrected chi connectivity index (χ2v) is 9.13. The number of ether oxygens (including phenoxy) is 3.